The lowest BCUT2D eigenvalue weighted by molar-refractivity contribution is -0.0172. The highest BCUT2D eigenvalue weighted by atomic mass is 127. The third-order valence-corrected chi connectivity index (χ3v) is 4.60. The highest BCUT2D eigenvalue weighted by Crippen LogP contribution is 2.29. The van der Waals surface area contributed by atoms with Gasteiger partial charge >= 0.3 is 0 Å². The minimum absolute atomic E-state index is 0. The third-order valence-electron chi connectivity index (χ3n) is 4.60. The number of nitrogens with one attached hydrogen (secondary N) is 2. The van der Waals surface area contributed by atoms with Gasteiger partial charge in [0.25, 0.3) is 0 Å². The molecular formula is C21H29FIN3O4. The van der Waals surface area contributed by atoms with E-state index in [2.05, 4.69) is 15.6 Å². The lowest BCUT2D eigenvalue weighted by atomic mass is 10.0. The van der Waals surface area contributed by atoms with Crippen LogP contribution in [0.5, 0.6) is 5.75 Å². The van der Waals surface area contributed by atoms with Gasteiger partial charge in [0.1, 0.15) is 28.7 Å². The van der Waals surface area contributed by atoms with Crippen molar-refractivity contribution in [3.8, 4) is 5.75 Å². The summed E-state index contributed by atoms with van der Waals surface area (Å²) < 4.78 is 30.2. The molecular weight excluding hydrogens is 504 g/mol. The van der Waals surface area contributed by atoms with Gasteiger partial charge in [-0.05, 0) is 57.0 Å². The Morgan fingerprint density at radius 1 is 1.30 bits per heavy atom. The molecule has 1 aliphatic heterocycles. The van der Waals surface area contributed by atoms with Crippen LogP contribution in [0.15, 0.2) is 33.7 Å². The van der Waals surface area contributed by atoms with Gasteiger partial charge in [0.05, 0.1) is 13.2 Å². The molecule has 1 atom stereocenters. The van der Waals surface area contributed by atoms with E-state index in [1.165, 1.54) is 12.1 Å². The fourth-order valence-corrected chi connectivity index (χ4v) is 3.13. The van der Waals surface area contributed by atoms with Gasteiger partial charge in [-0.2, -0.15) is 0 Å². The molecule has 0 amide bonds. The summed E-state index contributed by atoms with van der Waals surface area (Å²) in [4.78, 5) is 4.47. The van der Waals surface area contributed by atoms with Crippen molar-refractivity contribution in [3.05, 3.63) is 52.7 Å². The van der Waals surface area contributed by atoms with Crippen molar-refractivity contribution in [3.63, 3.8) is 0 Å². The third kappa shape index (κ3) is 6.32. The fraction of sp³-hybridized carbons (Fsp3) is 0.476. The number of aliphatic hydroxyl groups is 1. The zero-order valence-electron chi connectivity index (χ0n) is 17.5. The quantitative estimate of drug-likeness (QED) is 0.288. The first-order valence-corrected chi connectivity index (χ1v) is 9.72. The van der Waals surface area contributed by atoms with Crippen molar-refractivity contribution in [2.24, 2.45) is 4.99 Å². The van der Waals surface area contributed by atoms with Crippen LogP contribution in [-0.4, -0.2) is 37.5 Å². The van der Waals surface area contributed by atoms with Crippen LogP contribution in [0.3, 0.4) is 0 Å². The average Bonchev–Trinajstić information content (AvgIpc) is 3.13. The van der Waals surface area contributed by atoms with Crippen LogP contribution in [0.2, 0.25) is 0 Å². The zero-order chi connectivity index (χ0) is 20.9. The summed E-state index contributed by atoms with van der Waals surface area (Å²) in [6.45, 7) is 7.29. The number of ether oxygens (including phenoxy) is 2. The molecule has 166 valence electrons. The second kappa shape index (κ2) is 11.0. The van der Waals surface area contributed by atoms with Crippen molar-refractivity contribution in [1.29, 1.82) is 0 Å². The van der Waals surface area contributed by atoms with E-state index in [0.717, 1.165) is 16.9 Å². The molecule has 0 bridgehead atoms. The fourth-order valence-electron chi connectivity index (χ4n) is 3.13. The molecule has 0 spiro atoms. The average molecular weight is 533 g/mol. The lowest BCUT2D eigenvalue weighted by Crippen LogP contribution is -2.39. The summed E-state index contributed by atoms with van der Waals surface area (Å²) in [6.07, 6.45) is 0.554. The molecule has 2 heterocycles. The Kier molecular flexibility index (Phi) is 8.92. The van der Waals surface area contributed by atoms with Crippen LogP contribution in [0.4, 0.5) is 4.39 Å². The van der Waals surface area contributed by atoms with Gasteiger partial charge in [0.2, 0.25) is 0 Å². The Balaban J connectivity index is 0.00000320. The highest BCUT2D eigenvalue weighted by molar-refractivity contribution is 14.0. The molecule has 1 aromatic carbocycles. The Morgan fingerprint density at radius 3 is 2.80 bits per heavy atom. The maximum absolute atomic E-state index is 13.9. The number of halogens is 2. The van der Waals surface area contributed by atoms with E-state index in [4.69, 9.17) is 13.9 Å². The maximum atomic E-state index is 13.9. The Hall–Kier alpha value is -1.85. The maximum Gasteiger partial charge on any atom is 0.191 e. The lowest BCUT2D eigenvalue weighted by Gasteiger charge is -2.21. The van der Waals surface area contributed by atoms with Crippen molar-refractivity contribution in [1.82, 2.24) is 10.6 Å². The number of rotatable bonds is 7. The van der Waals surface area contributed by atoms with Crippen molar-refractivity contribution in [2.75, 3.05) is 26.4 Å². The van der Waals surface area contributed by atoms with E-state index in [0.29, 0.717) is 43.6 Å². The van der Waals surface area contributed by atoms with Crippen molar-refractivity contribution >= 4 is 29.9 Å². The van der Waals surface area contributed by atoms with E-state index in [1.54, 1.807) is 13.0 Å². The van der Waals surface area contributed by atoms with Crippen molar-refractivity contribution in [2.45, 2.75) is 39.4 Å². The van der Waals surface area contributed by atoms with E-state index in [9.17, 15) is 9.50 Å². The zero-order valence-corrected chi connectivity index (χ0v) is 19.8. The normalized spacial score (nSPS) is 15.4. The molecule has 3 N–H and O–H groups in total. The first-order chi connectivity index (χ1) is 13.9. The Morgan fingerprint density at radius 2 is 2.10 bits per heavy atom. The molecule has 0 saturated heterocycles. The summed E-state index contributed by atoms with van der Waals surface area (Å²) >= 11 is 0. The Bertz CT molecular complexity index is 870. The molecule has 2 aromatic rings. The Labute approximate surface area is 193 Å². The standard InChI is InChI=1S/C21H28FN3O4.HI/c1-4-23-20(25-12-21(3,26)18-6-5-14(2)29-18)24-8-7-15-9-17(22)10-16-11-27-13-28-19(15)16;/h5-6,9-10,26H,4,7-8,11-13H2,1-3H3,(H2,23,24,25);1H. The summed E-state index contributed by atoms with van der Waals surface area (Å²) in [6, 6.07) is 6.49. The van der Waals surface area contributed by atoms with Crippen LogP contribution in [-0.2, 0) is 23.4 Å². The summed E-state index contributed by atoms with van der Waals surface area (Å²) in [5.41, 5.74) is 0.285. The van der Waals surface area contributed by atoms with Crippen LogP contribution < -0.4 is 15.4 Å². The van der Waals surface area contributed by atoms with Crippen LogP contribution in [0.1, 0.15) is 36.5 Å². The molecule has 7 nitrogen and oxygen atoms in total. The van der Waals surface area contributed by atoms with Gasteiger partial charge in [0.15, 0.2) is 12.8 Å². The summed E-state index contributed by atoms with van der Waals surface area (Å²) in [5, 5.41) is 17.0. The number of hydrogen-bond acceptors (Lipinski definition) is 5. The summed E-state index contributed by atoms with van der Waals surface area (Å²) in [5.74, 6) is 2.15. The number of fused-ring (bicyclic) bond motifs is 1. The van der Waals surface area contributed by atoms with Gasteiger partial charge < -0.3 is 29.6 Å². The van der Waals surface area contributed by atoms with E-state index in [1.807, 2.05) is 19.9 Å². The van der Waals surface area contributed by atoms with Gasteiger partial charge in [-0.3, -0.25) is 0 Å². The summed E-state index contributed by atoms with van der Waals surface area (Å²) in [7, 11) is 0. The largest absolute Gasteiger partial charge is 0.467 e. The van der Waals surface area contributed by atoms with Crippen LogP contribution in [0.25, 0.3) is 0 Å². The van der Waals surface area contributed by atoms with E-state index < -0.39 is 5.60 Å². The number of nitrogens with zero attached hydrogens (tertiary/aromatic N) is 1. The van der Waals surface area contributed by atoms with Gasteiger partial charge in [0, 0.05) is 18.7 Å². The molecule has 1 aliphatic rings. The van der Waals surface area contributed by atoms with Gasteiger partial charge in [-0.25, -0.2) is 9.38 Å². The number of guanidine groups is 1. The van der Waals surface area contributed by atoms with Crippen LogP contribution in [0, 0.1) is 12.7 Å². The first-order valence-electron chi connectivity index (χ1n) is 9.72. The smallest absolute Gasteiger partial charge is 0.191 e. The molecule has 0 fully saturated rings. The number of benzene rings is 1. The molecule has 3 rings (SSSR count). The molecule has 0 saturated carbocycles. The predicted molar refractivity (Wildman–Crippen MR) is 123 cm³/mol. The minimum Gasteiger partial charge on any atom is -0.467 e. The second-order valence-corrected chi connectivity index (χ2v) is 7.22. The monoisotopic (exact) mass is 533 g/mol. The number of hydrogen-bond donors (Lipinski definition) is 3. The van der Waals surface area contributed by atoms with Crippen molar-refractivity contribution < 1.29 is 23.4 Å². The number of furan rings is 1. The van der Waals surface area contributed by atoms with Gasteiger partial charge in [-0.1, -0.05) is 0 Å². The number of aliphatic imine (C=N–C) groups is 1. The van der Waals surface area contributed by atoms with Gasteiger partial charge in [-0.15, -0.1) is 24.0 Å². The molecule has 0 aliphatic carbocycles. The highest BCUT2D eigenvalue weighted by Gasteiger charge is 2.26. The SMILES string of the molecule is CCNC(=NCC(C)(O)c1ccc(C)o1)NCCc1cc(F)cc2c1OCOC2.I. The molecule has 9 heteroatoms. The topological polar surface area (TPSA) is 88.3 Å². The van der Waals surface area contributed by atoms with E-state index >= 15 is 0 Å². The minimum atomic E-state index is -1.22. The molecule has 0 radical (unpaired) electrons. The first kappa shape index (κ1) is 24.4. The molecule has 1 aromatic heterocycles. The van der Waals surface area contributed by atoms with Crippen LogP contribution >= 0.6 is 24.0 Å². The molecule has 30 heavy (non-hydrogen) atoms. The van der Waals surface area contributed by atoms with E-state index in [-0.39, 0.29) is 43.1 Å². The molecule has 1 unspecified atom stereocenters. The number of aryl methyl sites for hydroxylation is 1. The second-order valence-electron chi connectivity index (χ2n) is 7.22. The predicted octanol–water partition coefficient (Wildman–Crippen LogP) is 3.22.